The first-order chi connectivity index (χ1) is 10.7. The molecule has 1 saturated heterocycles. The summed E-state index contributed by atoms with van der Waals surface area (Å²) in [5.41, 5.74) is 6.21. The van der Waals surface area contributed by atoms with E-state index in [-0.39, 0.29) is 30.4 Å². The number of urea groups is 1. The monoisotopic (exact) mass is 340 g/mol. The van der Waals surface area contributed by atoms with Crippen molar-refractivity contribution in [2.75, 3.05) is 25.0 Å². The van der Waals surface area contributed by atoms with Gasteiger partial charge in [0.15, 0.2) is 0 Å². The van der Waals surface area contributed by atoms with E-state index in [0.717, 1.165) is 31.5 Å². The third-order valence-electron chi connectivity index (χ3n) is 3.84. The fourth-order valence-electron chi connectivity index (χ4n) is 2.72. The number of benzene rings is 1. The van der Waals surface area contributed by atoms with Crippen LogP contribution in [-0.2, 0) is 4.79 Å². The summed E-state index contributed by atoms with van der Waals surface area (Å²) in [5.74, 6) is 0.0810. The number of carbonyl (C=O) groups excluding carboxylic acids is 2. The highest BCUT2D eigenvalue weighted by Crippen LogP contribution is 2.17. The maximum atomic E-state index is 12.1. The Morgan fingerprint density at radius 3 is 2.65 bits per heavy atom. The Morgan fingerprint density at radius 1 is 1.22 bits per heavy atom. The molecule has 23 heavy (non-hydrogen) atoms. The number of nitrogens with one attached hydrogen (secondary N) is 2. The summed E-state index contributed by atoms with van der Waals surface area (Å²) < 4.78 is 0. The second-order valence-corrected chi connectivity index (χ2v) is 5.48. The van der Waals surface area contributed by atoms with Crippen LogP contribution in [0.3, 0.4) is 0 Å². The molecule has 0 aromatic heterocycles. The Labute approximate surface area is 143 Å². The smallest absolute Gasteiger partial charge is 0.319 e. The average Bonchev–Trinajstić information content (AvgIpc) is 2.54. The highest BCUT2D eigenvalue weighted by atomic mass is 35.5. The first-order valence-electron chi connectivity index (χ1n) is 7.80. The van der Waals surface area contributed by atoms with E-state index in [1.807, 2.05) is 35.2 Å². The standard InChI is InChI=1S/C16H24N4O2.ClH/c17-10-9-15(21)20-11-5-4-8-14(20)12-18-16(22)19-13-6-2-1-3-7-13;/h1-3,6-7,14H,4-5,8-12,17H2,(H2,18,19,22);1H. The topological polar surface area (TPSA) is 87.5 Å². The van der Waals surface area contributed by atoms with Gasteiger partial charge in [-0.15, -0.1) is 12.4 Å². The third kappa shape index (κ3) is 6.08. The molecule has 4 N–H and O–H groups in total. The summed E-state index contributed by atoms with van der Waals surface area (Å²) in [6, 6.07) is 9.10. The van der Waals surface area contributed by atoms with Crippen molar-refractivity contribution in [3.8, 4) is 0 Å². The van der Waals surface area contributed by atoms with Gasteiger partial charge in [-0.2, -0.15) is 0 Å². The molecule has 1 aliphatic rings. The van der Waals surface area contributed by atoms with E-state index in [4.69, 9.17) is 5.73 Å². The number of nitrogens with zero attached hydrogens (tertiary/aromatic N) is 1. The van der Waals surface area contributed by atoms with Crippen molar-refractivity contribution in [3.05, 3.63) is 30.3 Å². The van der Waals surface area contributed by atoms with Crippen LogP contribution in [0.4, 0.5) is 10.5 Å². The zero-order valence-electron chi connectivity index (χ0n) is 13.2. The molecule has 1 aromatic rings. The Bertz CT molecular complexity index is 498. The van der Waals surface area contributed by atoms with Crippen LogP contribution in [0.2, 0.25) is 0 Å². The van der Waals surface area contributed by atoms with Crippen LogP contribution in [0.5, 0.6) is 0 Å². The van der Waals surface area contributed by atoms with Crippen molar-refractivity contribution in [2.24, 2.45) is 5.73 Å². The van der Waals surface area contributed by atoms with Gasteiger partial charge in [0, 0.05) is 37.8 Å². The predicted molar refractivity (Wildman–Crippen MR) is 93.7 cm³/mol. The number of nitrogens with two attached hydrogens (primary N) is 1. The van der Waals surface area contributed by atoms with Gasteiger partial charge in [-0.25, -0.2) is 4.79 Å². The fourth-order valence-corrected chi connectivity index (χ4v) is 2.72. The Balaban J connectivity index is 0.00000264. The van der Waals surface area contributed by atoms with Crippen molar-refractivity contribution in [1.29, 1.82) is 0 Å². The molecule has 1 heterocycles. The first-order valence-corrected chi connectivity index (χ1v) is 7.80. The number of hydrogen-bond acceptors (Lipinski definition) is 3. The molecule has 1 fully saturated rings. The van der Waals surface area contributed by atoms with Crippen molar-refractivity contribution >= 4 is 30.0 Å². The summed E-state index contributed by atoms with van der Waals surface area (Å²) in [7, 11) is 0. The third-order valence-corrected chi connectivity index (χ3v) is 3.84. The van der Waals surface area contributed by atoms with Gasteiger partial charge >= 0.3 is 6.03 Å². The van der Waals surface area contributed by atoms with Gasteiger partial charge in [-0.3, -0.25) is 4.79 Å². The molecule has 1 aliphatic heterocycles. The van der Waals surface area contributed by atoms with Crippen LogP contribution in [0.15, 0.2) is 30.3 Å². The van der Waals surface area contributed by atoms with Crippen LogP contribution in [-0.4, -0.2) is 42.5 Å². The number of para-hydroxylation sites is 1. The molecule has 0 aliphatic carbocycles. The molecule has 128 valence electrons. The van der Waals surface area contributed by atoms with Gasteiger partial charge in [0.1, 0.15) is 0 Å². The Morgan fingerprint density at radius 2 is 1.96 bits per heavy atom. The Kier molecular flexibility index (Phi) is 8.43. The van der Waals surface area contributed by atoms with Gasteiger partial charge in [0.05, 0.1) is 0 Å². The van der Waals surface area contributed by atoms with Crippen molar-refractivity contribution in [1.82, 2.24) is 10.2 Å². The molecule has 0 radical (unpaired) electrons. The van der Waals surface area contributed by atoms with E-state index >= 15 is 0 Å². The number of anilines is 1. The fraction of sp³-hybridized carbons (Fsp3) is 0.500. The summed E-state index contributed by atoms with van der Waals surface area (Å²) >= 11 is 0. The lowest BCUT2D eigenvalue weighted by atomic mass is 10.0. The maximum Gasteiger partial charge on any atom is 0.319 e. The molecule has 3 amide bonds. The molecule has 1 aromatic carbocycles. The van der Waals surface area contributed by atoms with E-state index in [2.05, 4.69) is 10.6 Å². The lowest BCUT2D eigenvalue weighted by Gasteiger charge is -2.36. The Hall–Kier alpha value is -1.79. The van der Waals surface area contributed by atoms with Crippen LogP contribution >= 0.6 is 12.4 Å². The molecule has 0 saturated carbocycles. The van der Waals surface area contributed by atoms with E-state index in [9.17, 15) is 9.59 Å². The van der Waals surface area contributed by atoms with Gasteiger partial charge in [0.25, 0.3) is 0 Å². The summed E-state index contributed by atoms with van der Waals surface area (Å²) in [6.45, 7) is 1.59. The van der Waals surface area contributed by atoms with Gasteiger partial charge < -0.3 is 21.3 Å². The van der Waals surface area contributed by atoms with Crippen molar-refractivity contribution < 1.29 is 9.59 Å². The number of hydrogen-bond donors (Lipinski definition) is 3. The van der Waals surface area contributed by atoms with E-state index in [1.54, 1.807) is 0 Å². The summed E-state index contributed by atoms with van der Waals surface area (Å²) in [5, 5.41) is 5.63. The van der Waals surface area contributed by atoms with Gasteiger partial charge in [-0.05, 0) is 31.4 Å². The number of halogens is 1. The van der Waals surface area contributed by atoms with E-state index in [0.29, 0.717) is 19.5 Å². The largest absolute Gasteiger partial charge is 0.338 e. The van der Waals surface area contributed by atoms with Crippen LogP contribution < -0.4 is 16.4 Å². The van der Waals surface area contributed by atoms with Crippen LogP contribution in [0.1, 0.15) is 25.7 Å². The zero-order valence-corrected chi connectivity index (χ0v) is 14.0. The molecule has 0 spiro atoms. The highest BCUT2D eigenvalue weighted by Gasteiger charge is 2.26. The molecule has 1 atom stereocenters. The van der Waals surface area contributed by atoms with Crippen LogP contribution in [0, 0.1) is 0 Å². The van der Waals surface area contributed by atoms with Crippen LogP contribution in [0.25, 0.3) is 0 Å². The maximum absolute atomic E-state index is 12.1. The highest BCUT2D eigenvalue weighted by molar-refractivity contribution is 5.89. The molecule has 2 rings (SSSR count). The minimum atomic E-state index is -0.247. The number of piperidine rings is 1. The molecule has 7 heteroatoms. The summed E-state index contributed by atoms with van der Waals surface area (Å²) in [6.07, 6.45) is 3.39. The number of rotatable bonds is 5. The lowest BCUT2D eigenvalue weighted by Crippen LogP contribution is -2.50. The normalized spacial score (nSPS) is 17.1. The van der Waals surface area contributed by atoms with E-state index in [1.165, 1.54) is 0 Å². The predicted octanol–water partition coefficient (Wildman–Crippen LogP) is 1.96. The van der Waals surface area contributed by atoms with E-state index < -0.39 is 0 Å². The zero-order chi connectivity index (χ0) is 15.8. The molecule has 6 nitrogen and oxygen atoms in total. The SMILES string of the molecule is Cl.NCCC(=O)N1CCCCC1CNC(=O)Nc1ccccc1. The molecule has 1 unspecified atom stereocenters. The second-order valence-electron chi connectivity index (χ2n) is 5.48. The average molecular weight is 341 g/mol. The number of amides is 3. The van der Waals surface area contributed by atoms with Gasteiger partial charge in [-0.1, -0.05) is 18.2 Å². The number of likely N-dealkylation sites (tertiary alicyclic amines) is 1. The number of carbonyl (C=O) groups is 2. The summed E-state index contributed by atoms with van der Waals surface area (Å²) in [4.78, 5) is 25.8. The van der Waals surface area contributed by atoms with Gasteiger partial charge in [0.2, 0.25) is 5.91 Å². The minimum absolute atomic E-state index is 0. The quantitative estimate of drug-likeness (QED) is 0.765. The first kappa shape index (κ1) is 19.3. The molecular weight excluding hydrogens is 316 g/mol. The molecule has 0 bridgehead atoms. The second kappa shape index (κ2) is 10.1. The van der Waals surface area contributed by atoms with Crippen molar-refractivity contribution in [3.63, 3.8) is 0 Å². The lowest BCUT2D eigenvalue weighted by molar-refractivity contribution is -0.134. The molecular formula is C16H25ClN4O2. The van der Waals surface area contributed by atoms with Crippen molar-refractivity contribution in [2.45, 2.75) is 31.7 Å². The minimum Gasteiger partial charge on any atom is -0.338 e.